The molecule has 0 aliphatic carbocycles. The topological polar surface area (TPSA) is 120 Å². The summed E-state index contributed by atoms with van der Waals surface area (Å²) in [6.45, 7) is -0.0498. The second-order valence-corrected chi connectivity index (χ2v) is 6.97. The number of anilines is 1. The summed E-state index contributed by atoms with van der Waals surface area (Å²) in [6.07, 6.45) is 0. The van der Waals surface area contributed by atoms with Crippen LogP contribution in [0.3, 0.4) is 0 Å². The number of hydrogen-bond donors (Lipinski definition) is 2. The number of benzene rings is 1. The minimum atomic E-state index is -3.83. The zero-order valence-corrected chi connectivity index (χ0v) is 13.5. The second-order valence-electron chi connectivity index (χ2n) is 4.90. The van der Waals surface area contributed by atoms with E-state index in [1.807, 2.05) is 0 Å². The Hall–Kier alpha value is -2.52. The molecule has 0 fully saturated rings. The first-order valence-electron chi connectivity index (χ1n) is 6.77. The fourth-order valence-corrected chi connectivity index (χ4v) is 3.41. The van der Waals surface area contributed by atoms with E-state index in [0.29, 0.717) is 0 Å². The van der Waals surface area contributed by atoms with Gasteiger partial charge < -0.3 is 15.6 Å². The van der Waals surface area contributed by atoms with Gasteiger partial charge in [0.25, 0.3) is 0 Å². The molecule has 1 heterocycles. The van der Waals surface area contributed by atoms with Crippen LogP contribution in [0, 0.1) is 5.82 Å². The number of aromatic nitrogens is 1. The molecule has 9 heteroatoms. The van der Waals surface area contributed by atoms with Crippen molar-refractivity contribution in [3.63, 3.8) is 0 Å². The highest BCUT2D eigenvalue weighted by atomic mass is 32.2. The van der Waals surface area contributed by atoms with Gasteiger partial charge in [0.15, 0.2) is 15.5 Å². The number of carboxylic acid groups (broad SMARTS) is 1. The first-order chi connectivity index (χ1) is 11.3. The minimum Gasteiger partial charge on any atom is -0.476 e. The summed E-state index contributed by atoms with van der Waals surface area (Å²) in [5.41, 5.74) is 5.03. The number of rotatable bonds is 6. The van der Waals surface area contributed by atoms with Crippen molar-refractivity contribution in [2.75, 3.05) is 25.2 Å². The number of nitrogens with zero attached hydrogens (tertiary/aromatic N) is 1. The van der Waals surface area contributed by atoms with Gasteiger partial charge in [0.05, 0.1) is 28.6 Å². The maximum Gasteiger partial charge on any atom is 0.356 e. The smallest absolute Gasteiger partial charge is 0.356 e. The monoisotopic (exact) mass is 354 g/mol. The Bertz CT molecular complexity index is 866. The standard InChI is InChI=1S/C15H15FN2O5S/c1-23-6-7-24(21,22)12-8-11(17)14(15(19)20)18-13(12)9-2-4-10(16)5-3-9/h2-5,8H,6-7,17H2,1H3,(H,19,20). The molecule has 0 spiro atoms. The molecule has 2 aromatic rings. The van der Waals surface area contributed by atoms with Crippen LogP contribution in [0.25, 0.3) is 11.3 Å². The van der Waals surface area contributed by atoms with Crippen molar-refractivity contribution in [1.29, 1.82) is 0 Å². The number of nitrogen functional groups attached to an aromatic ring is 1. The predicted molar refractivity (Wildman–Crippen MR) is 84.9 cm³/mol. The van der Waals surface area contributed by atoms with Crippen LogP contribution in [0.1, 0.15) is 10.5 Å². The number of carboxylic acids is 1. The third-order valence-corrected chi connectivity index (χ3v) is 4.91. The molecule has 0 bridgehead atoms. The lowest BCUT2D eigenvalue weighted by molar-refractivity contribution is 0.0691. The van der Waals surface area contributed by atoms with Crippen molar-refractivity contribution in [1.82, 2.24) is 4.98 Å². The van der Waals surface area contributed by atoms with Crippen LogP contribution in [-0.4, -0.2) is 43.9 Å². The molecule has 0 atom stereocenters. The largest absolute Gasteiger partial charge is 0.476 e. The molecule has 0 saturated heterocycles. The molecule has 7 nitrogen and oxygen atoms in total. The van der Waals surface area contributed by atoms with Crippen molar-refractivity contribution >= 4 is 21.5 Å². The van der Waals surface area contributed by atoms with Gasteiger partial charge in [-0.2, -0.15) is 0 Å². The lowest BCUT2D eigenvalue weighted by Crippen LogP contribution is -2.16. The van der Waals surface area contributed by atoms with Crippen molar-refractivity contribution in [2.24, 2.45) is 0 Å². The first kappa shape index (κ1) is 17.8. The Labute approximate surface area is 137 Å². The van der Waals surface area contributed by atoms with Crippen LogP contribution >= 0.6 is 0 Å². The van der Waals surface area contributed by atoms with Gasteiger partial charge in [-0.1, -0.05) is 0 Å². The molecule has 0 radical (unpaired) electrons. The Morgan fingerprint density at radius 2 is 1.96 bits per heavy atom. The number of sulfone groups is 1. The summed E-state index contributed by atoms with van der Waals surface area (Å²) in [5.74, 6) is -2.24. The Morgan fingerprint density at radius 3 is 2.50 bits per heavy atom. The van der Waals surface area contributed by atoms with Gasteiger partial charge in [-0.25, -0.2) is 22.6 Å². The molecular weight excluding hydrogens is 339 g/mol. The Kier molecular flexibility index (Phi) is 5.15. The summed E-state index contributed by atoms with van der Waals surface area (Å²) in [7, 11) is -2.47. The Morgan fingerprint density at radius 1 is 1.33 bits per heavy atom. The molecule has 0 aliphatic rings. The molecule has 0 saturated carbocycles. The molecule has 1 aromatic carbocycles. The van der Waals surface area contributed by atoms with Crippen molar-refractivity contribution in [3.8, 4) is 11.3 Å². The van der Waals surface area contributed by atoms with Crippen LogP contribution in [-0.2, 0) is 14.6 Å². The average Bonchev–Trinajstić information content (AvgIpc) is 2.53. The predicted octanol–water partition coefficient (Wildman–Crippen LogP) is 1.59. The fraction of sp³-hybridized carbons (Fsp3) is 0.200. The van der Waals surface area contributed by atoms with Gasteiger partial charge in [0.2, 0.25) is 0 Å². The number of carbonyl (C=O) groups is 1. The van der Waals surface area contributed by atoms with Crippen LogP contribution in [0.5, 0.6) is 0 Å². The number of halogens is 1. The second kappa shape index (κ2) is 6.93. The number of methoxy groups -OCH3 is 1. The number of aromatic carboxylic acids is 1. The number of hydrogen-bond acceptors (Lipinski definition) is 6. The van der Waals surface area contributed by atoms with Crippen LogP contribution in [0.4, 0.5) is 10.1 Å². The molecule has 3 N–H and O–H groups in total. The van der Waals surface area contributed by atoms with Gasteiger partial charge >= 0.3 is 5.97 Å². The third-order valence-electron chi connectivity index (χ3n) is 3.23. The quantitative estimate of drug-likeness (QED) is 0.808. The maximum absolute atomic E-state index is 13.1. The highest BCUT2D eigenvalue weighted by Gasteiger charge is 2.24. The minimum absolute atomic E-state index is 0.0498. The van der Waals surface area contributed by atoms with Crippen LogP contribution in [0.2, 0.25) is 0 Å². The number of ether oxygens (including phenoxy) is 1. The van der Waals surface area contributed by atoms with Crippen LogP contribution in [0.15, 0.2) is 35.2 Å². The number of pyridine rings is 1. The average molecular weight is 354 g/mol. The summed E-state index contributed by atoms with van der Waals surface area (Å²) < 4.78 is 42.9. The van der Waals surface area contributed by atoms with Crippen LogP contribution < -0.4 is 5.73 Å². The van der Waals surface area contributed by atoms with Crippen molar-refractivity contribution in [2.45, 2.75) is 4.90 Å². The normalized spacial score (nSPS) is 11.4. The van der Waals surface area contributed by atoms with E-state index in [-0.39, 0.29) is 34.2 Å². The van der Waals surface area contributed by atoms with E-state index < -0.39 is 27.3 Å². The van der Waals surface area contributed by atoms with Gasteiger partial charge in [-0.05, 0) is 30.3 Å². The van der Waals surface area contributed by atoms with Crippen molar-refractivity contribution in [3.05, 3.63) is 41.8 Å². The molecular formula is C15H15FN2O5S. The van der Waals surface area contributed by atoms with Gasteiger partial charge in [0, 0.05) is 12.7 Å². The summed E-state index contributed by atoms with van der Waals surface area (Å²) in [6, 6.07) is 5.93. The van der Waals surface area contributed by atoms with Crippen molar-refractivity contribution < 1.29 is 27.4 Å². The van der Waals surface area contributed by atoms with Gasteiger partial charge in [0.1, 0.15) is 5.82 Å². The fourth-order valence-electron chi connectivity index (χ4n) is 2.04. The SMILES string of the molecule is COCCS(=O)(=O)c1cc(N)c(C(=O)O)nc1-c1ccc(F)cc1. The van der Waals surface area contributed by atoms with E-state index in [9.17, 15) is 17.6 Å². The van der Waals surface area contributed by atoms with E-state index in [0.717, 1.165) is 18.2 Å². The lowest BCUT2D eigenvalue weighted by atomic mass is 10.1. The molecule has 0 unspecified atom stereocenters. The zero-order valence-electron chi connectivity index (χ0n) is 12.7. The Balaban J connectivity index is 2.71. The van der Waals surface area contributed by atoms with E-state index in [1.165, 1.54) is 19.2 Å². The lowest BCUT2D eigenvalue weighted by Gasteiger charge is -2.12. The van der Waals surface area contributed by atoms with Gasteiger partial charge in [-0.15, -0.1) is 0 Å². The third kappa shape index (κ3) is 3.69. The summed E-state index contributed by atoms with van der Waals surface area (Å²) in [4.78, 5) is 14.9. The summed E-state index contributed by atoms with van der Waals surface area (Å²) in [5, 5.41) is 9.14. The van der Waals surface area contributed by atoms with E-state index in [1.54, 1.807) is 0 Å². The molecule has 2 rings (SSSR count). The molecule has 24 heavy (non-hydrogen) atoms. The highest BCUT2D eigenvalue weighted by molar-refractivity contribution is 7.91. The molecule has 1 aromatic heterocycles. The molecule has 0 amide bonds. The van der Waals surface area contributed by atoms with Gasteiger partial charge in [-0.3, -0.25) is 0 Å². The maximum atomic E-state index is 13.1. The highest BCUT2D eigenvalue weighted by Crippen LogP contribution is 2.30. The molecule has 128 valence electrons. The first-order valence-corrected chi connectivity index (χ1v) is 8.43. The number of nitrogens with two attached hydrogens (primary N) is 1. The summed E-state index contributed by atoms with van der Waals surface area (Å²) >= 11 is 0. The molecule has 0 aliphatic heterocycles. The van der Waals surface area contributed by atoms with E-state index >= 15 is 0 Å². The zero-order chi connectivity index (χ0) is 17.9. The van der Waals surface area contributed by atoms with E-state index in [2.05, 4.69) is 4.98 Å². The van der Waals surface area contributed by atoms with E-state index in [4.69, 9.17) is 15.6 Å².